The molecule has 1 aromatic rings. The van der Waals surface area contributed by atoms with Crippen molar-refractivity contribution in [2.24, 2.45) is 11.1 Å². The van der Waals surface area contributed by atoms with Gasteiger partial charge in [0.1, 0.15) is 5.82 Å². The highest BCUT2D eigenvalue weighted by Crippen LogP contribution is 2.37. The number of halogens is 1. The number of hydrogen-bond donors (Lipinski definition) is 2. The van der Waals surface area contributed by atoms with Crippen molar-refractivity contribution in [3.8, 4) is 0 Å². The second-order valence-corrected chi connectivity index (χ2v) is 6.52. The van der Waals surface area contributed by atoms with Gasteiger partial charge in [-0.15, -0.1) is 0 Å². The normalized spacial score (nSPS) is 17.5. The number of rotatable bonds is 3. The van der Waals surface area contributed by atoms with Crippen molar-refractivity contribution in [1.82, 2.24) is 4.98 Å². The van der Waals surface area contributed by atoms with E-state index in [1.807, 2.05) is 13.0 Å². The quantitative estimate of drug-likeness (QED) is 0.816. The average molecular weight is 356 g/mol. The maximum absolute atomic E-state index is 12.6. The Morgan fingerprint density at radius 3 is 2.60 bits per heavy atom. The molecule has 0 aromatic carbocycles. The number of thiocarbonyl (C=S) groups is 1. The van der Waals surface area contributed by atoms with Crippen LogP contribution < -0.4 is 11.1 Å². The van der Waals surface area contributed by atoms with Crippen molar-refractivity contribution in [2.75, 3.05) is 5.32 Å². The number of aryl methyl sites for hydroxylation is 1. The van der Waals surface area contributed by atoms with E-state index in [1.165, 1.54) is 0 Å². The SMILES string of the molecule is Cc1nc(NC(=O)C2(C(N)=S)CCCCC2)ccc1Br. The van der Waals surface area contributed by atoms with Crippen LogP contribution in [0, 0.1) is 12.3 Å². The smallest absolute Gasteiger partial charge is 0.238 e. The van der Waals surface area contributed by atoms with E-state index in [4.69, 9.17) is 18.0 Å². The molecule has 0 unspecified atom stereocenters. The molecule has 1 aliphatic carbocycles. The molecule has 20 heavy (non-hydrogen) atoms. The van der Waals surface area contributed by atoms with Gasteiger partial charge in [-0.25, -0.2) is 4.98 Å². The zero-order valence-corrected chi connectivity index (χ0v) is 13.8. The molecular weight excluding hydrogens is 338 g/mol. The van der Waals surface area contributed by atoms with Crippen LogP contribution in [0.2, 0.25) is 0 Å². The molecule has 0 atom stereocenters. The van der Waals surface area contributed by atoms with Crippen LogP contribution in [0.5, 0.6) is 0 Å². The fourth-order valence-electron chi connectivity index (χ4n) is 2.59. The van der Waals surface area contributed by atoms with E-state index in [-0.39, 0.29) is 5.91 Å². The first-order valence-electron chi connectivity index (χ1n) is 6.70. The van der Waals surface area contributed by atoms with Crippen molar-refractivity contribution in [1.29, 1.82) is 0 Å². The lowest BCUT2D eigenvalue weighted by molar-refractivity contribution is -0.123. The maximum Gasteiger partial charge on any atom is 0.238 e. The lowest BCUT2D eigenvalue weighted by atomic mass is 9.73. The van der Waals surface area contributed by atoms with Crippen molar-refractivity contribution in [2.45, 2.75) is 39.0 Å². The Labute approximate surface area is 132 Å². The van der Waals surface area contributed by atoms with Gasteiger partial charge in [-0.3, -0.25) is 4.79 Å². The molecule has 0 radical (unpaired) electrons. The topological polar surface area (TPSA) is 68.0 Å². The summed E-state index contributed by atoms with van der Waals surface area (Å²) in [7, 11) is 0. The second-order valence-electron chi connectivity index (χ2n) is 5.22. The molecule has 108 valence electrons. The summed E-state index contributed by atoms with van der Waals surface area (Å²) >= 11 is 8.55. The molecule has 1 aliphatic rings. The summed E-state index contributed by atoms with van der Waals surface area (Å²) in [6.45, 7) is 1.88. The molecular formula is C14H18BrN3OS. The number of anilines is 1. The minimum Gasteiger partial charge on any atom is -0.392 e. The minimum atomic E-state index is -0.712. The van der Waals surface area contributed by atoms with Crippen LogP contribution in [0.4, 0.5) is 5.82 Å². The van der Waals surface area contributed by atoms with E-state index in [1.54, 1.807) is 6.07 Å². The summed E-state index contributed by atoms with van der Waals surface area (Å²) in [5, 5.41) is 2.86. The molecule has 4 nitrogen and oxygen atoms in total. The molecule has 1 amide bonds. The van der Waals surface area contributed by atoms with Crippen LogP contribution in [0.25, 0.3) is 0 Å². The van der Waals surface area contributed by atoms with Gasteiger partial charge >= 0.3 is 0 Å². The molecule has 1 fully saturated rings. The van der Waals surface area contributed by atoms with Crippen LogP contribution in [-0.2, 0) is 4.79 Å². The number of hydrogen-bond acceptors (Lipinski definition) is 3. The first kappa shape index (κ1) is 15.4. The number of carbonyl (C=O) groups is 1. The van der Waals surface area contributed by atoms with E-state index < -0.39 is 5.41 Å². The first-order valence-corrected chi connectivity index (χ1v) is 7.90. The molecule has 0 spiro atoms. The van der Waals surface area contributed by atoms with Gasteiger partial charge in [-0.05, 0) is 47.8 Å². The Kier molecular flexibility index (Phi) is 4.75. The third-order valence-electron chi connectivity index (χ3n) is 3.88. The van der Waals surface area contributed by atoms with Crippen molar-refractivity contribution in [3.05, 3.63) is 22.3 Å². The van der Waals surface area contributed by atoms with Gasteiger partial charge in [0.25, 0.3) is 0 Å². The number of aromatic nitrogens is 1. The van der Waals surface area contributed by atoms with Crippen molar-refractivity contribution in [3.63, 3.8) is 0 Å². The highest BCUT2D eigenvalue weighted by atomic mass is 79.9. The van der Waals surface area contributed by atoms with Crippen molar-refractivity contribution >= 4 is 44.9 Å². The zero-order chi connectivity index (χ0) is 14.8. The lowest BCUT2D eigenvalue weighted by Crippen LogP contribution is -2.47. The van der Waals surface area contributed by atoms with Gasteiger partial charge in [-0.2, -0.15) is 0 Å². The van der Waals surface area contributed by atoms with Crippen LogP contribution in [-0.4, -0.2) is 15.9 Å². The Bertz CT molecular complexity index is 541. The summed E-state index contributed by atoms with van der Waals surface area (Å²) in [6, 6.07) is 3.64. The molecule has 0 bridgehead atoms. The molecule has 6 heteroatoms. The Balaban J connectivity index is 2.20. The summed E-state index contributed by atoms with van der Waals surface area (Å²) in [5.74, 6) is 0.413. The fourth-order valence-corrected chi connectivity index (χ4v) is 3.11. The number of amides is 1. The first-order chi connectivity index (χ1) is 9.45. The number of carbonyl (C=O) groups excluding carboxylic acids is 1. The van der Waals surface area contributed by atoms with E-state index >= 15 is 0 Å². The number of pyridine rings is 1. The standard InChI is InChI=1S/C14H18BrN3OS/c1-9-10(15)5-6-11(17-9)18-13(19)14(12(16)20)7-3-2-4-8-14/h5-6H,2-4,7-8H2,1H3,(H2,16,20)(H,17,18,19). The summed E-state index contributed by atoms with van der Waals surface area (Å²) in [5.41, 5.74) is 5.97. The molecule has 0 aliphatic heterocycles. The Morgan fingerprint density at radius 2 is 2.05 bits per heavy atom. The van der Waals surface area contributed by atoms with Gasteiger partial charge in [0.2, 0.25) is 5.91 Å². The van der Waals surface area contributed by atoms with Crippen molar-refractivity contribution < 1.29 is 4.79 Å². The van der Waals surface area contributed by atoms with Gasteiger partial charge in [0, 0.05) is 4.47 Å². The zero-order valence-electron chi connectivity index (χ0n) is 11.4. The van der Waals surface area contributed by atoms with Crippen LogP contribution in [0.1, 0.15) is 37.8 Å². The van der Waals surface area contributed by atoms with E-state index in [9.17, 15) is 4.79 Å². The summed E-state index contributed by atoms with van der Waals surface area (Å²) in [6.07, 6.45) is 4.55. The van der Waals surface area contributed by atoms with E-state index in [0.29, 0.717) is 10.8 Å². The fraction of sp³-hybridized carbons (Fsp3) is 0.500. The predicted octanol–water partition coefficient (Wildman–Crippen LogP) is 3.33. The summed E-state index contributed by atoms with van der Waals surface area (Å²) in [4.78, 5) is 17.2. The number of nitrogens with one attached hydrogen (secondary N) is 1. The third kappa shape index (κ3) is 3.01. The molecule has 0 saturated heterocycles. The molecule has 1 heterocycles. The van der Waals surface area contributed by atoms with Gasteiger partial charge in [-0.1, -0.05) is 31.5 Å². The lowest BCUT2D eigenvalue weighted by Gasteiger charge is -2.34. The van der Waals surface area contributed by atoms with Gasteiger partial charge in [0.15, 0.2) is 0 Å². The second kappa shape index (κ2) is 6.18. The van der Waals surface area contributed by atoms with Crippen LogP contribution in [0.3, 0.4) is 0 Å². The highest BCUT2D eigenvalue weighted by Gasteiger charge is 2.42. The largest absolute Gasteiger partial charge is 0.392 e. The monoisotopic (exact) mass is 355 g/mol. The number of nitrogens with zero attached hydrogens (tertiary/aromatic N) is 1. The summed E-state index contributed by atoms with van der Waals surface area (Å²) < 4.78 is 0.914. The molecule has 1 aromatic heterocycles. The highest BCUT2D eigenvalue weighted by molar-refractivity contribution is 9.10. The molecule has 3 N–H and O–H groups in total. The van der Waals surface area contributed by atoms with E-state index in [0.717, 1.165) is 42.3 Å². The Hall–Kier alpha value is -1.01. The minimum absolute atomic E-state index is 0.126. The molecule has 2 rings (SSSR count). The maximum atomic E-state index is 12.6. The average Bonchev–Trinajstić information content (AvgIpc) is 2.43. The predicted molar refractivity (Wildman–Crippen MR) is 87.6 cm³/mol. The van der Waals surface area contributed by atoms with E-state index in [2.05, 4.69) is 26.2 Å². The van der Waals surface area contributed by atoms with Crippen LogP contribution >= 0.6 is 28.1 Å². The molecule has 1 saturated carbocycles. The van der Waals surface area contributed by atoms with Crippen LogP contribution in [0.15, 0.2) is 16.6 Å². The third-order valence-corrected chi connectivity index (χ3v) is 5.11. The Morgan fingerprint density at radius 1 is 1.40 bits per heavy atom. The van der Waals surface area contributed by atoms with Gasteiger partial charge < -0.3 is 11.1 Å². The van der Waals surface area contributed by atoms with Gasteiger partial charge in [0.05, 0.1) is 16.1 Å². The number of nitrogens with two attached hydrogens (primary N) is 1.